The van der Waals surface area contributed by atoms with Crippen molar-refractivity contribution in [3.05, 3.63) is 143 Å². The van der Waals surface area contributed by atoms with E-state index in [2.05, 4.69) is 109 Å². The molecule has 3 aliphatic rings. The molecule has 1 unspecified atom stereocenters. The molecule has 5 aromatic rings. The van der Waals surface area contributed by atoms with Gasteiger partial charge in [-0.2, -0.15) is 0 Å². The Balaban J connectivity index is 1.21. The third-order valence-electron chi connectivity index (χ3n) is 8.22. The molecule has 1 heteroatoms. The summed E-state index contributed by atoms with van der Waals surface area (Å²) in [4.78, 5) is 4.95. The van der Waals surface area contributed by atoms with Crippen LogP contribution in [0.4, 0.5) is 0 Å². The average molecular weight is 434 g/mol. The van der Waals surface area contributed by atoms with Gasteiger partial charge in [-0.1, -0.05) is 103 Å². The minimum absolute atomic E-state index is 0.0453. The van der Waals surface area contributed by atoms with Crippen molar-refractivity contribution in [2.24, 2.45) is 4.99 Å². The van der Waals surface area contributed by atoms with Crippen molar-refractivity contribution in [1.29, 1.82) is 0 Å². The van der Waals surface area contributed by atoms with Crippen LogP contribution in [0, 0.1) is 0 Å². The maximum absolute atomic E-state index is 4.95. The molecular formula is C33H23N. The van der Waals surface area contributed by atoms with Crippen LogP contribution in [0.3, 0.4) is 0 Å². The van der Waals surface area contributed by atoms with E-state index >= 15 is 0 Å². The molecule has 0 radical (unpaired) electrons. The third kappa shape index (κ3) is 2.47. The van der Waals surface area contributed by atoms with E-state index in [1.807, 2.05) is 0 Å². The highest BCUT2D eigenvalue weighted by molar-refractivity contribution is 6.15. The fourth-order valence-electron chi connectivity index (χ4n) is 6.55. The first-order valence-electron chi connectivity index (χ1n) is 12.2. The van der Waals surface area contributed by atoms with Gasteiger partial charge in [-0.3, -0.25) is 4.99 Å². The number of nitrogens with zero attached hydrogens (tertiary/aromatic N) is 1. The van der Waals surface area contributed by atoms with E-state index in [-0.39, 0.29) is 11.5 Å². The number of aliphatic imine (C=N–C) groups is 1. The lowest BCUT2D eigenvalue weighted by Gasteiger charge is -2.27. The molecule has 8 rings (SSSR count). The summed E-state index contributed by atoms with van der Waals surface area (Å²) in [7, 11) is 0. The Labute approximate surface area is 199 Å². The molecule has 0 amide bonds. The standard InChI is InChI=1S/C33H23N/c1-2-8-22-17-23(14-13-21(22)7-1)31-32(34-31)24-15-16-28-27-11-5-6-12-29(27)33(30(28)18-24)19-25-9-3-4-10-26(25)20-33/h1-18,32H,19-20H2. The summed E-state index contributed by atoms with van der Waals surface area (Å²) in [5.41, 5.74) is 12.6. The molecule has 0 fully saturated rings. The molecule has 0 aromatic heterocycles. The minimum atomic E-state index is 0.0453. The Morgan fingerprint density at radius 1 is 0.588 bits per heavy atom. The van der Waals surface area contributed by atoms with Gasteiger partial charge < -0.3 is 0 Å². The number of hydrogen-bond donors (Lipinski definition) is 0. The van der Waals surface area contributed by atoms with Gasteiger partial charge in [-0.05, 0) is 74.2 Å². The van der Waals surface area contributed by atoms with Crippen LogP contribution < -0.4 is 0 Å². The SMILES string of the molecule is c1ccc2c(c1)CC1(C2)c2ccccc2-c2ccc(C3N=C3c3ccc4ccccc4c3)cc21. The molecule has 1 atom stereocenters. The molecule has 1 nitrogen and oxygen atoms in total. The molecule has 5 aromatic carbocycles. The second kappa shape index (κ2) is 6.55. The molecule has 0 bridgehead atoms. The first-order chi connectivity index (χ1) is 16.8. The Morgan fingerprint density at radius 2 is 1.29 bits per heavy atom. The fourth-order valence-corrected chi connectivity index (χ4v) is 6.55. The van der Waals surface area contributed by atoms with E-state index in [9.17, 15) is 0 Å². The summed E-state index contributed by atoms with van der Waals surface area (Å²) in [5.74, 6) is 0. The molecule has 0 saturated heterocycles. The van der Waals surface area contributed by atoms with Gasteiger partial charge in [-0.15, -0.1) is 0 Å². The first kappa shape index (κ1) is 18.5. The zero-order chi connectivity index (χ0) is 22.3. The summed E-state index contributed by atoms with van der Waals surface area (Å²) in [6.07, 6.45) is 2.17. The second-order valence-electron chi connectivity index (χ2n) is 10.0. The molecule has 1 spiro atoms. The van der Waals surface area contributed by atoms with Crippen LogP contribution >= 0.6 is 0 Å². The second-order valence-corrected chi connectivity index (χ2v) is 10.0. The monoisotopic (exact) mass is 433 g/mol. The van der Waals surface area contributed by atoms with Gasteiger partial charge in [-0.25, -0.2) is 0 Å². The van der Waals surface area contributed by atoms with Crippen molar-refractivity contribution in [2.75, 3.05) is 0 Å². The van der Waals surface area contributed by atoms with E-state index in [0.717, 1.165) is 12.8 Å². The number of benzene rings is 5. The van der Waals surface area contributed by atoms with Crippen molar-refractivity contribution in [3.63, 3.8) is 0 Å². The van der Waals surface area contributed by atoms with Crippen LogP contribution in [-0.2, 0) is 18.3 Å². The molecule has 1 aliphatic heterocycles. The van der Waals surface area contributed by atoms with E-state index in [1.54, 1.807) is 0 Å². The van der Waals surface area contributed by atoms with E-state index < -0.39 is 0 Å². The van der Waals surface area contributed by atoms with E-state index in [1.165, 1.54) is 61.0 Å². The van der Waals surface area contributed by atoms with Crippen LogP contribution in [-0.4, -0.2) is 5.71 Å². The lowest BCUT2D eigenvalue weighted by Crippen LogP contribution is -2.25. The van der Waals surface area contributed by atoms with Crippen LogP contribution in [0.25, 0.3) is 21.9 Å². The van der Waals surface area contributed by atoms with Gasteiger partial charge in [0.1, 0.15) is 6.04 Å². The fraction of sp³-hybridized carbons (Fsp3) is 0.121. The summed E-state index contributed by atoms with van der Waals surface area (Å²) < 4.78 is 0. The zero-order valence-corrected chi connectivity index (χ0v) is 18.8. The van der Waals surface area contributed by atoms with Crippen molar-refractivity contribution in [1.82, 2.24) is 0 Å². The molecule has 0 N–H and O–H groups in total. The number of fused-ring (bicyclic) bond motifs is 7. The van der Waals surface area contributed by atoms with Crippen LogP contribution in [0.1, 0.15) is 39.4 Å². The summed E-state index contributed by atoms with van der Waals surface area (Å²) in [6.45, 7) is 0. The van der Waals surface area contributed by atoms with Crippen LogP contribution in [0.15, 0.2) is 114 Å². The lowest BCUT2D eigenvalue weighted by atomic mass is 9.75. The van der Waals surface area contributed by atoms with Gasteiger partial charge >= 0.3 is 0 Å². The summed E-state index contributed by atoms with van der Waals surface area (Å²) in [5, 5.41) is 2.56. The van der Waals surface area contributed by atoms with Gasteiger partial charge in [0.25, 0.3) is 0 Å². The maximum Gasteiger partial charge on any atom is 0.118 e. The van der Waals surface area contributed by atoms with E-state index in [4.69, 9.17) is 4.99 Å². The number of hydrogen-bond acceptors (Lipinski definition) is 1. The van der Waals surface area contributed by atoms with Gasteiger partial charge in [0.2, 0.25) is 0 Å². The molecule has 0 saturated carbocycles. The third-order valence-corrected chi connectivity index (χ3v) is 8.22. The zero-order valence-electron chi connectivity index (χ0n) is 18.8. The highest BCUT2D eigenvalue weighted by atomic mass is 15.0. The van der Waals surface area contributed by atoms with Crippen molar-refractivity contribution >= 4 is 16.5 Å². The van der Waals surface area contributed by atoms with Gasteiger partial charge in [0.15, 0.2) is 0 Å². The largest absolute Gasteiger partial charge is 0.272 e. The Hall–Kier alpha value is -3.97. The smallest absolute Gasteiger partial charge is 0.118 e. The maximum atomic E-state index is 4.95. The molecule has 1 heterocycles. The Morgan fingerprint density at radius 3 is 2.15 bits per heavy atom. The van der Waals surface area contributed by atoms with E-state index in [0.29, 0.717) is 0 Å². The quantitative estimate of drug-likeness (QED) is 0.274. The average Bonchev–Trinajstić information content (AvgIpc) is 3.53. The Bertz CT molecular complexity index is 1650. The van der Waals surface area contributed by atoms with Gasteiger partial charge in [0.05, 0.1) is 5.71 Å². The highest BCUT2D eigenvalue weighted by Crippen LogP contribution is 2.56. The van der Waals surface area contributed by atoms with Crippen molar-refractivity contribution < 1.29 is 0 Å². The molecule has 2 aliphatic carbocycles. The lowest BCUT2D eigenvalue weighted by molar-refractivity contribution is 0.563. The summed E-state index contributed by atoms with van der Waals surface area (Å²) >= 11 is 0. The molecule has 34 heavy (non-hydrogen) atoms. The van der Waals surface area contributed by atoms with Crippen molar-refractivity contribution in [3.8, 4) is 11.1 Å². The van der Waals surface area contributed by atoms with Crippen LogP contribution in [0.5, 0.6) is 0 Å². The predicted octanol–water partition coefficient (Wildman–Crippen LogP) is 7.45. The normalized spacial score (nSPS) is 18.5. The minimum Gasteiger partial charge on any atom is -0.272 e. The number of rotatable bonds is 2. The van der Waals surface area contributed by atoms with Gasteiger partial charge in [0, 0.05) is 5.41 Å². The Kier molecular flexibility index (Phi) is 3.55. The first-order valence-corrected chi connectivity index (χ1v) is 12.2. The predicted molar refractivity (Wildman–Crippen MR) is 140 cm³/mol. The molecule has 160 valence electrons. The summed E-state index contributed by atoms with van der Waals surface area (Å²) in [6, 6.07) is 40.6. The molecular weight excluding hydrogens is 410 g/mol. The van der Waals surface area contributed by atoms with Crippen molar-refractivity contribution in [2.45, 2.75) is 24.3 Å². The highest BCUT2D eigenvalue weighted by Gasteiger charge is 2.47. The topological polar surface area (TPSA) is 12.4 Å². The van der Waals surface area contributed by atoms with Crippen LogP contribution in [0.2, 0.25) is 0 Å².